The number of nitrogens with zero attached hydrogens (tertiary/aromatic N) is 6. The van der Waals surface area contributed by atoms with Crippen LogP contribution in [-0.2, 0) is 4.74 Å². The fourth-order valence-electron chi connectivity index (χ4n) is 5.06. The second-order valence-electron chi connectivity index (χ2n) is 9.60. The van der Waals surface area contributed by atoms with Crippen molar-refractivity contribution >= 4 is 40.6 Å². The first-order valence-electron chi connectivity index (χ1n) is 13.3. The molecular formula is C26H38N8OS. The number of anilines is 4. The van der Waals surface area contributed by atoms with Crippen molar-refractivity contribution in [2.24, 2.45) is 0 Å². The SMILES string of the molecule is S=C(NCCN1CCOCC1)Nc1nc(N2CCCCC2)cc(N2CCN(c3ccccc3)CC2)n1. The molecule has 2 aromatic rings. The highest BCUT2D eigenvalue weighted by Crippen LogP contribution is 2.26. The first-order chi connectivity index (χ1) is 17.7. The molecular weight excluding hydrogens is 472 g/mol. The van der Waals surface area contributed by atoms with Gasteiger partial charge in [-0.3, -0.25) is 4.90 Å². The molecule has 3 saturated heterocycles. The van der Waals surface area contributed by atoms with Gasteiger partial charge in [-0.15, -0.1) is 0 Å². The van der Waals surface area contributed by atoms with Gasteiger partial charge in [0.05, 0.1) is 13.2 Å². The van der Waals surface area contributed by atoms with Gasteiger partial charge in [-0.25, -0.2) is 0 Å². The fourth-order valence-corrected chi connectivity index (χ4v) is 5.25. The number of nitrogens with one attached hydrogen (secondary N) is 2. The molecule has 0 unspecified atom stereocenters. The smallest absolute Gasteiger partial charge is 0.232 e. The highest BCUT2D eigenvalue weighted by molar-refractivity contribution is 7.80. The van der Waals surface area contributed by atoms with Crippen LogP contribution in [0.2, 0.25) is 0 Å². The molecule has 4 heterocycles. The van der Waals surface area contributed by atoms with E-state index < -0.39 is 0 Å². The highest BCUT2D eigenvalue weighted by atomic mass is 32.1. The normalized spacial score (nSPS) is 19.3. The van der Waals surface area contributed by atoms with Gasteiger partial charge >= 0.3 is 0 Å². The topological polar surface area (TPSA) is 72.0 Å². The Balaban J connectivity index is 1.23. The number of piperazine rings is 1. The minimum absolute atomic E-state index is 0.568. The van der Waals surface area contributed by atoms with E-state index in [0.717, 1.165) is 90.3 Å². The van der Waals surface area contributed by atoms with Crippen molar-refractivity contribution in [2.75, 3.05) is 98.7 Å². The maximum Gasteiger partial charge on any atom is 0.232 e. The largest absolute Gasteiger partial charge is 0.379 e. The Morgan fingerprint density at radius 3 is 2.14 bits per heavy atom. The number of piperidine rings is 1. The lowest BCUT2D eigenvalue weighted by Gasteiger charge is -2.37. The molecule has 2 N–H and O–H groups in total. The predicted molar refractivity (Wildman–Crippen MR) is 150 cm³/mol. The molecule has 3 fully saturated rings. The van der Waals surface area contributed by atoms with Crippen molar-refractivity contribution in [3.05, 3.63) is 36.4 Å². The summed E-state index contributed by atoms with van der Waals surface area (Å²) in [6.45, 7) is 11.2. The zero-order chi connectivity index (χ0) is 24.6. The van der Waals surface area contributed by atoms with Gasteiger partial charge in [0.1, 0.15) is 11.6 Å². The minimum Gasteiger partial charge on any atom is -0.379 e. The molecule has 36 heavy (non-hydrogen) atoms. The van der Waals surface area contributed by atoms with E-state index >= 15 is 0 Å². The molecule has 0 bridgehead atoms. The molecule has 9 nitrogen and oxygen atoms in total. The fraction of sp³-hybridized carbons (Fsp3) is 0.577. The molecule has 5 rings (SSSR count). The number of benzene rings is 1. The number of hydrogen-bond donors (Lipinski definition) is 2. The number of rotatable bonds is 7. The van der Waals surface area contributed by atoms with Gasteiger partial charge in [0.25, 0.3) is 0 Å². The molecule has 3 aliphatic rings. The number of hydrogen-bond acceptors (Lipinski definition) is 8. The second kappa shape index (κ2) is 12.5. The second-order valence-corrected chi connectivity index (χ2v) is 10.0. The van der Waals surface area contributed by atoms with E-state index in [9.17, 15) is 0 Å². The van der Waals surface area contributed by atoms with E-state index in [0.29, 0.717) is 11.1 Å². The summed E-state index contributed by atoms with van der Waals surface area (Å²) < 4.78 is 5.43. The lowest BCUT2D eigenvalue weighted by molar-refractivity contribution is 0.0389. The van der Waals surface area contributed by atoms with Gasteiger partial charge in [-0.2, -0.15) is 9.97 Å². The van der Waals surface area contributed by atoms with Crippen molar-refractivity contribution in [1.29, 1.82) is 0 Å². The van der Waals surface area contributed by atoms with Gasteiger partial charge in [0.2, 0.25) is 5.95 Å². The van der Waals surface area contributed by atoms with Crippen LogP contribution in [0.4, 0.5) is 23.3 Å². The zero-order valence-corrected chi connectivity index (χ0v) is 21.9. The van der Waals surface area contributed by atoms with Crippen molar-refractivity contribution in [2.45, 2.75) is 19.3 Å². The summed E-state index contributed by atoms with van der Waals surface area (Å²) in [6, 6.07) is 12.8. The number of aromatic nitrogens is 2. The summed E-state index contributed by atoms with van der Waals surface area (Å²) in [5, 5.41) is 7.16. The molecule has 1 aromatic carbocycles. The Morgan fingerprint density at radius 1 is 0.806 bits per heavy atom. The summed E-state index contributed by atoms with van der Waals surface area (Å²) in [4.78, 5) is 19.3. The Bertz CT molecular complexity index is 973. The molecule has 10 heteroatoms. The number of para-hydroxylation sites is 1. The van der Waals surface area contributed by atoms with Crippen LogP contribution in [0, 0.1) is 0 Å². The quantitative estimate of drug-likeness (QED) is 0.543. The molecule has 0 spiro atoms. The third-order valence-corrected chi connectivity index (χ3v) is 7.39. The van der Waals surface area contributed by atoms with Crippen molar-refractivity contribution < 1.29 is 4.74 Å². The van der Waals surface area contributed by atoms with Gasteiger partial charge < -0.3 is 30.1 Å². The van der Waals surface area contributed by atoms with Crippen molar-refractivity contribution in [1.82, 2.24) is 20.2 Å². The van der Waals surface area contributed by atoms with Crippen LogP contribution in [0.1, 0.15) is 19.3 Å². The first kappa shape index (κ1) is 25.0. The van der Waals surface area contributed by atoms with E-state index in [4.69, 9.17) is 26.9 Å². The van der Waals surface area contributed by atoms with Crippen LogP contribution in [0.3, 0.4) is 0 Å². The first-order valence-corrected chi connectivity index (χ1v) is 13.7. The lowest BCUT2D eigenvalue weighted by atomic mass is 10.1. The van der Waals surface area contributed by atoms with Gasteiger partial charge in [0.15, 0.2) is 5.11 Å². The Kier molecular flexibility index (Phi) is 8.68. The minimum atomic E-state index is 0.568. The van der Waals surface area contributed by atoms with Crippen molar-refractivity contribution in [3.63, 3.8) is 0 Å². The van der Waals surface area contributed by atoms with Gasteiger partial charge in [-0.05, 0) is 43.6 Å². The van der Waals surface area contributed by atoms with Crippen molar-refractivity contribution in [3.8, 4) is 0 Å². The third-order valence-electron chi connectivity index (χ3n) is 7.15. The molecule has 0 aliphatic carbocycles. The number of morpholine rings is 1. The molecule has 1 aromatic heterocycles. The Labute approximate surface area is 219 Å². The standard InChI is InChI=1S/C26H38N8OS/c36-26(27-9-12-31-17-19-35-20-18-31)30-25-28-23(33-10-5-2-6-11-33)21-24(29-25)34-15-13-32(14-16-34)22-7-3-1-4-8-22/h1,3-4,7-8,21H,2,5-6,9-20H2,(H2,27,28,29,30,36). The van der Waals surface area contributed by atoms with Crippen LogP contribution < -0.4 is 25.3 Å². The predicted octanol–water partition coefficient (Wildman–Crippen LogP) is 2.41. The Hall–Kier alpha value is -2.69. The van der Waals surface area contributed by atoms with Crippen LogP contribution in [0.25, 0.3) is 0 Å². The van der Waals surface area contributed by atoms with Gasteiger partial charge in [-0.1, -0.05) is 18.2 Å². The monoisotopic (exact) mass is 510 g/mol. The van der Waals surface area contributed by atoms with E-state index in [-0.39, 0.29) is 0 Å². The van der Waals surface area contributed by atoms with E-state index in [1.54, 1.807) is 0 Å². The number of ether oxygens (including phenoxy) is 1. The average Bonchev–Trinajstić information content (AvgIpc) is 2.94. The summed E-state index contributed by atoms with van der Waals surface area (Å²) in [6.07, 6.45) is 3.71. The maximum atomic E-state index is 5.59. The summed E-state index contributed by atoms with van der Waals surface area (Å²) in [7, 11) is 0. The highest BCUT2D eigenvalue weighted by Gasteiger charge is 2.22. The summed E-state index contributed by atoms with van der Waals surface area (Å²) in [5.41, 5.74) is 1.28. The van der Waals surface area contributed by atoms with E-state index in [1.165, 1.54) is 24.9 Å². The maximum absolute atomic E-state index is 5.59. The lowest BCUT2D eigenvalue weighted by Crippen LogP contribution is -2.47. The molecule has 0 saturated carbocycles. The zero-order valence-electron chi connectivity index (χ0n) is 21.1. The Morgan fingerprint density at radius 2 is 1.44 bits per heavy atom. The molecule has 3 aliphatic heterocycles. The summed E-state index contributed by atoms with van der Waals surface area (Å²) >= 11 is 5.59. The summed E-state index contributed by atoms with van der Waals surface area (Å²) in [5.74, 6) is 2.53. The van der Waals surface area contributed by atoms with Crippen LogP contribution in [-0.4, -0.2) is 98.6 Å². The molecule has 0 radical (unpaired) electrons. The third kappa shape index (κ3) is 6.74. The van der Waals surface area contributed by atoms with E-state index in [2.05, 4.69) is 66.6 Å². The van der Waals surface area contributed by atoms with Gasteiger partial charge in [0, 0.05) is 77.2 Å². The number of thiocarbonyl (C=S) groups is 1. The van der Waals surface area contributed by atoms with Crippen LogP contribution in [0.15, 0.2) is 36.4 Å². The van der Waals surface area contributed by atoms with Crippen LogP contribution >= 0.6 is 12.2 Å². The molecule has 0 atom stereocenters. The van der Waals surface area contributed by atoms with E-state index in [1.807, 2.05) is 0 Å². The average molecular weight is 511 g/mol. The molecule has 194 valence electrons. The molecule has 0 amide bonds. The van der Waals surface area contributed by atoms with Crippen LogP contribution in [0.5, 0.6) is 0 Å².